The molecule has 1 N–H and O–H groups in total. The predicted molar refractivity (Wildman–Crippen MR) is 100 cm³/mol. The van der Waals surface area contributed by atoms with E-state index < -0.39 is 0 Å². The maximum absolute atomic E-state index is 6.39. The van der Waals surface area contributed by atoms with Crippen molar-refractivity contribution in [1.29, 1.82) is 0 Å². The highest BCUT2D eigenvalue weighted by molar-refractivity contribution is 6.32. The highest BCUT2D eigenvalue weighted by atomic mass is 35.5. The van der Waals surface area contributed by atoms with Gasteiger partial charge in [-0.2, -0.15) is 0 Å². The van der Waals surface area contributed by atoms with Gasteiger partial charge in [0.25, 0.3) is 0 Å². The molecule has 0 aromatic heterocycles. The fraction of sp³-hybridized carbons (Fsp3) is 0.368. The van der Waals surface area contributed by atoms with Crippen molar-refractivity contribution in [1.82, 2.24) is 5.32 Å². The maximum atomic E-state index is 6.39. The van der Waals surface area contributed by atoms with Crippen molar-refractivity contribution >= 4 is 23.2 Å². The lowest BCUT2D eigenvalue weighted by Crippen LogP contribution is -2.19. The van der Waals surface area contributed by atoms with E-state index in [1.54, 1.807) is 7.11 Å². The fourth-order valence-electron chi connectivity index (χ4n) is 2.26. The molecule has 0 amide bonds. The number of hydrogen-bond donors (Lipinski definition) is 1. The first-order chi connectivity index (χ1) is 11.5. The number of halogens is 2. The number of benzene rings is 2. The molecule has 0 atom stereocenters. The van der Waals surface area contributed by atoms with E-state index >= 15 is 0 Å². The number of ether oxygens (including phenoxy) is 2. The topological polar surface area (TPSA) is 30.5 Å². The van der Waals surface area contributed by atoms with Gasteiger partial charge in [-0.3, -0.25) is 0 Å². The molecule has 2 aromatic rings. The van der Waals surface area contributed by atoms with Crippen molar-refractivity contribution < 1.29 is 9.47 Å². The zero-order valence-electron chi connectivity index (χ0n) is 14.2. The summed E-state index contributed by atoms with van der Waals surface area (Å²) in [7, 11) is 1.62. The van der Waals surface area contributed by atoms with Crippen LogP contribution >= 0.6 is 23.2 Å². The summed E-state index contributed by atoms with van der Waals surface area (Å²) in [6.07, 6.45) is 0. The Labute approximate surface area is 153 Å². The molecule has 0 saturated carbocycles. The molecule has 0 aliphatic heterocycles. The van der Waals surface area contributed by atoms with Gasteiger partial charge in [0.1, 0.15) is 6.61 Å². The third-order valence-corrected chi connectivity index (χ3v) is 4.00. The molecule has 0 fully saturated rings. The van der Waals surface area contributed by atoms with Gasteiger partial charge in [-0.25, -0.2) is 0 Å². The van der Waals surface area contributed by atoms with Crippen LogP contribution in [-0.2, 0) is 13.2 Å². The molecule has 130 valence electrons. The van der Waals surface area contributed by atoms with Crippen molar-refractivity contribution in [3.63, 3.8) is 0 Å². The number of nitrogens with one attached hydrogen (secondary N) is 1. The van der Waals surface area contributed by atoms with E-state index in [0.29, 0.717) is 34.1 Å². The van der Waals surface area contributed by atoms with Crippen molar-refractivity contribution in [2.45, 2.75) is 27.0 Å². The van der Waals surface area contributed by atoms with Crippen LogP contribution in [0.1, 0.15) is 25.0 Å². The van der Waals surface area contributed by atoms with Gasteiger partial charge in [-0.15, -0.1) is 0 Å². The first-order valence-corrected chi connectivity index (χ1v) is 8.69. The van der Waals surface area contributed by atoms with E-state index in [-0.39, 0.29) is 0 Å². The van der Waals surface area contributed by atoms with Gasteiger partial charge in [0.15, 0.2) is 11.5 Å². The fourth-order valence-corrected chi connectivity index (χ4v) is 2.67. The van der Waals surface area contributed by atoms with Crippen LogP contribution in [0.25, 0.3) is 0 Å². The smallest absolute Gasteiger partial charge is 0.180 e. The normalized spacial score (nSPS) is 10.9. The van der Waals surface area contributed by atoms with Gasteiger partial charge in [0.2, 0.25) is 0 Å². The number of hydrogen-bond acceptors (Lipinski definition) is 3. The monoisotopic (exact) mass is 367 g/mol. The molecule has 0 spiro atoms. The Balaban J connectivity index is 2.07. The highest BCUT2D eigenvalue weighted by Crippen LogP contribution is 2.37. The molecule has 24 heavy (non-hydrogen) atoms. The summed E-state index contributed by atoms with van der Waals surface area (Å²) in [5, 5.41) is 4.64. The summed E-state index contributed by atoms with van der Waals surface area (Å²) in [6, 6.07) is 11.4. The van der Waals surface area contributed by atoms with Crippen LogP contribution in [0.15, 0.2) is 36.4 Å². The second-order valence-electron chi connectivity index (χ2n) is 6.05. The minimum absolute atomic E-state index is 0.401. The van der Waals surface area contributed by atoms with E-state index in [1.807, 2.05) is 36.4 Å². The van der Waals surface area contributed by atoms with E-state index in [4.69, 9.17) is 32.7 Å². The number of methoxy groups -OCH3 is 1. The van der Waals surface area contributed by atoms with Crippen LogP contribution in [0.3, 0.4) is 0 Å². The van der Waals surface area contributed by atoms with Crippen LogP contribution in [0.4, 0.5) is 0 Å². The maximum Gasteiger partial charge on any atom is 0.180 e. The molecule has 2 rings (SSSR count). The standard InChI is InChI=1S/C19H23Cl2NO2/c1-13(2)10-22-11-15-8-17(21)19(18(9-15)23-3)24-12-14-4-6-16(20)7-5-14/h4-9,13,22H,10-12H2,1-3H3. The quantitative estimate of drug-likeness (QED) is 0.684. The summed E-state index contributed by atoms with van der Waals surface area (Å²) in [6.45, 7) is 6.45. The zero-order valence-corrected chi connectivity index (χ0v) is 15.7. The van der Waals surface area contributed by atoms with Crippen LogP contribution in [0, 0.1) is 5.92 Å². The van der Waals surface area contributed by atoms with Crippen LogP contribution < -0.4 is 14.8 Å². The van der Waals surface area contributed by atoms with E-state index in [2.05, 4.69) is 19.2 Å². The molecule has 0 unspecified atom stereocenters. The van der Waals surface area contributed by atoms with E-state index in [9.17, 15) is 0 Å². The Bertz CT molecular complexity index is 657. The molecular weight excluding hydrogens is 345 g/mol. The van der Waals surface area contributed by atoms with Crippen LogP contribution in [0.2, 0.25) is 10.0 Å². The summed E-state index contributed by atoms with van der Waals surface area (Å²) in [5.41, 5.74) is 2.08. The van der Waals surface area contributed by atoms with E-state index in [0.717, 1.165) is 24.2 Å². The lowest BCUT2D eigenvalue weighted by molar-refractivity contribution is 0.284. The lowest BCUT2D eigenvalue weighted by Gasteiger charge is -2.15. The molecule has 3 nitrogen and oxygen atoms in total. The minimum Gasteiger partial charge on any atom is -0.493 e. The van der Waals surface area contributed by atoms with Crippen molar-refractivity contribution in [2.75, 3.05) is 13.7 Å². The van der Waals surface area contributed by atoms with E-state index in [1.165, 1.54) is 0 Å². The summed E-state index contributed by atoms with van der Waals surface area (Å²) >= 11 is 12.3. The highest BCUT2D eigenvalue weighted by Gasteiger charge is 2.12. The SMILES string of the molecule is COc1cc(CNCC(C)C)cc(Cl)c1OCc1ccc(Cl)cc1. The van der Waals surface area contributed by atoms with Crippen molar-refractivity contribution in [3.8, 4) is 11.5 Å². The van der Waals surface area contributed by atoms with Gasteiger partial charge in [-0.05, 0) is 47.9 Å². The van der Waals surface area contributed by atoms with Crippen LogP contribution in [-0.4, -0.2) is 13.7 Å². The third kappa shape index (κ3) is 5.59. The largest absolute Gasteiger partial charge is 0.493 e. The Hall–Kier alpha value is -1.42. The predicted octanol–water partition coefficient (Wildman–Crippen LogP) is 5.33. The van der Waals surface area contributed by atoms with Gasteiger partial charge in [0, 0.05) is 11.6 Å². The molecule has 0 saturated heterocycles. The van der Waals surface area contributed by atoms with Crippen LogP contribution in [0.5, 0.6) is 11.5 Å². The van der Waals surface area contributed by atoms with Gasteiger partial charge in [-0.1, -0.05) is 49.2 Å². The lowest BCUT2D eigenvalue weighted by atomic mass is 10.1. The molecule has 0 aliphatic rings. The molecule has 0 aliphatic carbocycles. The molecule has 5 heteroatoms. The molecule has 0 heterocycles. The summed E-state index contributed by atoms with van der Waals surface area (Å²) in [5.74, 6) is 1.80. The first-order valence-electron chi connectivity index (χ1n) is 7.94. The average Bonchev–Trinajstić information content (AvgIpc) is 2.54. The number of rotatable bonds is 8. The molecule has 0 radical (unpaired) electrons. The van der Waals surface area contributed by atoms with Crippen molar-refractivity contribution in [3.05, 3.63) is 57.6 Å². The molecule has 0 bridgehead atoms. The zero-order chi connectivity index (χ0) is 17.5. The minimum atomic E-state index is 0.401. The second kappa shape index (κ2) is 9.16. The van der Waals surface area contributed by atoms with Crippen molar-refractivity contribution in [2.24, 2.45) is 5.92 Å². The average molecular weight is 368 g/mol. The second-order valence-corrected chi connectivity index (χ2v) is 6.89. The Morgan fingerprint density at radius 1 is 1.04 bits per heavy atom. The summed E-state index contributed by atoms with van der Waals surface area (Å²) in [4.78, 5) is 0. The Morgan fingerprint density at radius 2 is 1.75 bits per heavy atom. The molecule has 2 aromatic carbocycles. The van der Waals surface area contributed by atoms with Gasteiger partial charge in [0.05, 0.1) is 12.1 Å². The van der Waals surface area contributed by atoms with Gasteiger partial charge < -0.3 is 14.8 Å². The van der Waals surface area contributed by atoms with Gasteiger partial charge >= 0.3 is 0 Å². The summed E-state index contributed by atoms with van der Waals surface area (Å²) < 4.78 is 11.3. The Morgan fingerprint density at radius 3 is 2.38 bits per heavy atom. The Kier molecular flexibility index (Phi) is 7.22. The molecular formula is C19H23Cl2NO2. The third-order valence-electron chi connectivity index (χ3n) is 3.47. The first kappa shape index (κ1) is 18.9.